The molecule has 3 rings (SSSR count). The number of nitrogens with zero attached hydrogens (tertiary/aromatic N) is 1. The molecule has 0 saturated carbocycles. The first-order valence-corrected chi connectivity index (χ1v) is 8.36. The average Bonchev–Trinajstić information content (AvgIpc) is 2.64. The first kappa shape index (κ1) is 16.1. The largest absolute Gasteiger partial charge is 0.310 e. The molecule has 0 heterocycles. The van der Waals surface area contributed by atoms with Gasteiger partial charge in [0, 0.05) is 16.9 Å². The Kier molecular flexibility index (Phi) is 4.81. The lowest BCUT2D eigenvalue weighted by Gasteiger charge is -2.29. The Labute approximate surface area is 144 Å². The summed E-state index contributed by atoms with van der Waals surface area (Å²) in [5.41, 5.74) is 6.95. The van der Waals surface area contributed by atoms with Gasteiger partial charge in [-0.05, 0) is 49.6 Å². The standard InChI is InChI=1S/C23H23N/c1-4-19-10-9-13-23(22(19)5-2)24(20-11-7-6-8-12-20)21-16-14-18(3)15-17-21/h4-5,7,9-17H,1-2,6,8H2,3H3. The van der Waals surface area contributed by atoms with Gasteiger partial charge in [0.2, 0.25) is 0 Å². The molecule has 1 aliphatic rings. The fourth-order valence-corrected chi connectivity index (χ4v) is 3.05. The van der Waals surface area contributed by atoms with E-state index in [2.05, 4.69) is 85.7 Å². The summed E-state index contributed by atoms with van der Waals surface area (Å²) in [7, 11) is 0. The zero-order valence-corrected chi connectivity index (χ0v) is 14.2. The highest BCUT2D eigenvalue weighted by Gasteiger charge is 2.17. The van der Waals surface area contributed by atoms with Gasteiger partial charge < -0.3 is 4.90 Å². The zero-order valence-electron chi connectivity index (χ0n) is 14.2. The van der Waals surface area contributed by atoms with Gasteiger partial charge in [-0.1, -0.05) is 67.3 Å². The van der Waals surface area contributed by atoms with Crippen molar-refractivity contribution >= 4 is 23.5 Å². The van der Waals surface area contributed by atoms with Crippen molar-refractivity contribution in [3.05, 3.63) is 96.2 Å². The molecule has 0 aliphatic heterocycles. The van der Waals surface area contributed by atoms with Crippen molar-refractivity contribution in [2.75, 3.05) is 4.90 Å². The highest BCUT2D eigenvalue weighted by atomic mass is 15.1. The molecule has 1 nitrogen and oxygen atoms in total. The van der Waals surface area contributed by atoms with Crippen LogP contribution in [0.4, 0.5) is 11.4 Å². The van der Waals surface area contributed by atoms with Gasteiger partial charge in [0.25, 0.3) is 0 Å². The van der Waals surface area contributed by atoms with Crippen LogP contribution < -0.4 is 4.90 Å². The maximum Gasteiger partial charge on any atom is 0.0539 e. The highest BCUT2D eigenvalue weighted by Crippen LogP contribution is 2.36. The molecule has 0 fully saturated rings. The van der Waals surface area contributed by atoms with Gasteiger partial charge in [0.1, 0.15) is 0 Å². The Bertz CT molecular complexity index is 806. The fourth-order valence-electron chi connectivity index (χ4n) is 3.05. The molecule has 2 aromatic carbocycles. The summed E-state index contributed by atoms with van der Waals surface area (Å²) in [6.45, 7) is 10.1. The molecule has 0 saturated heterocycles. The van der Waals surface area contributed by atoms with Crippen molar-refractivity contribution in [2.45, 2.75) is 19.8 Å². The number of allylic oxidation sites excluding steroid dienone is 3. The number of benzene rings is 2. The van der Waals surface area contributed by atoms with Gasteiger partial charge in [0.05, 0.1) is 5.69 Å². The third-order valence-electron chi connectivity index (χ3n) is 4.31. The molecule has 120 valence electrons. The van der Waals surface area contributed by atoms with Crippen LogP contribution in [0.3, 0.4) is 0 Å². The van der Waals surface area contributed by atoms with Crippen molar-refractivity contribution in [3.8, 4) is 0 Å². The van der Waals surface area contributed by atoms with Crippen LogP contribution in [0.1, 0.15) is 29.5 Å². The minimum atomic E-state index is 1.07. The summed E-state index contributed by atoms with van der Waals surface area (Å²) in [4.78, 5) is 2.30. The number of rotatable bonds is 5. The second kappa shape index (κ2) is 7.18. The minimum Gasteiger partial charge on any atom is -0.310 e. The second-order valence-corrected chi connectivity index (χ2v) is 5.97. The monoisotopic (exact) mass is 313 g/mol. The first-order chi connectivity index (χ1) is 11.7. The molecule has 2 aromatic rings. The molecule has 0 bridgehead atoms. The summed E-state index contributed by atoms with van der Waals surface area (Å²) in [6.07, 6.45) is 12.7. The van der Waals surface area contributed by atoms with Gasteiger partial charge in [-0.2, -0.15) is 0 Å². The molecular formula is C23H23N. The lowest BCUT2D eigenvalue weighted by Crippen LogP contribution is -2.17. The Morgan fingerprint density at radius 2 is 1.75 bits per heavy atom. The molecule has 0 N–H and O–H groups in total. The van der Waals surface area contributed by atoms with Crippen LogP contribution in [0.15, 0.2) is 79.5 Å². The topological polar surface area (TPSA) is 3.24 Å². The maximum atomic E-state index is 4.02. The fraction of sp³-hybridized carbons (Fsp3) is 0.130. The second-order valence-electron chi connectivity index (χ2n) is 5.97. The van der Waals surface area contributed by atoms with Gasteiger partial charge in [0.15, 0.2) is 0 Å². The molecule has 1 heteroatoms. The normalized spacial score (nSPS) is 13.3. The van der Waals surface area contributed by atoms with E-state index in [9.17, 15) is 0 Å². The molecular weight excluding hydrogens is 290 g/mol. The molecule has 24 heavy (non-hydrogen) atoms. The Morgan fingerprint density at radius 1 is 0.958 bits per heavy atom. The third-order valence-corrected chi connectivity index (χ3v) is 4.31. The van der Waals surface area contributed by atoms with Crippen molar-refractivity contribution < 1.29 is 0 Å². The summed E-state index contributed by atoms with van der Waals surface area (Å²) >= 11 is 0. The summed E-state index contributed by atoms with van der Waals surface area (Å²) < 4.78 is 0. The van der Waals surface area contributed by atoms with E-state index in [0.29, 0.717) is 0 Å². The van der Waals surface area contributed by atoms with Gasteiger partial charge in [-0.15, -0.1) is 0 Å². The van der Waals surface area contributed by atoms with Crippen LogP contribution in [0, 0.1) is 6.92 Å². The summed E-state index contributed by atoms with van der Waals surface area (Å²) in [5, 5.41) is 0. The molecule has 0 amide bonds. The molecule has 0 atom stereocenters. The summed E-state index contributed by atoms with van der Waals surface area (Å²) in [5.74, 6) is 0. The van der Waals surface area contributed by atoms with E-state index in [0.717, 1.165) is 35.3 Å². The van der Waals surface area contributed by atoms with Gasteiger partial charge >= 0.3 is 0 Å². The predicted molar refractivity (Wildman–Crippen MR) is 106 cm³/mol. The Morgan fingerprint density at radius 3 is 2.38 bits per heavy atom. The number of aryl methyl sites for hydroxylation is 1. The first-order valence-electron chi connectivity index (χ1n) is 8.36. The van der Waals surface area contributed by atoms with E-state index in [1.807, 2.05) is 12.2 Å². The predicted octanol–water partition coefficient (Wildman–Crippen LogP) is 6.65. The zero-order chi connectivity index (χ0) is 16.9. The van der Waals surface area contributed by atoms with Crippen LogP contribution in [0.25, 0.3) is 12.2 Å². The van der Waals surface area contributed by atoms with Crippen molar-refractivity contribution in [3.63, 3.8) is 0 Å². The SMILES string of the molecule is C=Cc1cccc(N(C2=CCCC=C2)c2ccc(C)cc2)c1C=C. The highest BCUT2D eigenvalue weighted by molar-refractivity contribution is 5.82. The number of anilines is 2. The van der Waals surface area contributed by atoms with Crippen molar-refractivity contribution in [1.29, 1.82) is 0 Å². The van der Waals surface area contributed by atoms with E-state index < -0.39 is 0 Å². The quantitative estimate of drug-likeness (QED) is 0.597. The van der Waals surface area contributed by atoms with Gasteiger partial charge in [-0.25, -0.2) is 0 Å². The van der Waals surface area contributed by atoms with E-state index in [-0.39, 0.29) is 0 Å². The lowest BCUT2D eigenvalue weighted by atomic mass is 10.0. The van der Waals surface area contributed by atoms with Crippen LogP contribution >= 0.6 is 0 Å². The number of hydrogen-bond acceptors (Lipinski definition) is 1. The summed E-state index contributed by atoms with van der Waals surface area (Å²) in [6, 6.07) is 15.0. The smallest absolute Gasteiger partial charge is 0.0539 e. The van der Waals surface area contributed by atoms with Crippen molar-refractivity contribution in [1.82, 2.24) is 0 Å². The van der Waals surface area contributed by atoms with E-state index >= 15 is 0 Å². The van der Waals surface area contributed by atoms with Crippen LogP contribution in [-0.4, -0.2) is 0 Å². The Balaban J connectivity index is 2.20. The maximum absolute atomic E-state index is 4.02. The Hall–Kier alpha value is -2.80. The van der Waals surface area contributed by atoms with E-state index in [1.165, 1.54) is 11.3 Å². The van der Waals surface area contributed by atoms with Crippen LogP contribution in [0.2, 0.25) is 0 Å². The molecule has 1 aliphatic carbocycles. The van der Waals surface area contributed by atoms with Crippen LogP contribution in [-0.2, 0) is 0 Å². The minimum absolute atomic E-state index is 1.07. The van der Waals surface area contributed by atoms with Crippen LogP contribution in [0.5, 0.6) is 0 Å². The molecule has 0 radical (unpaired) electrons. The molecule has 0 aromatic heterocycles. The average molecular weight is 313 g/mol. The van der Waals surface area contributed by atoms with E-state index in [1.54, 1.807) is 0 Å². The van der Waals surface area contributed by atoms with Crippen molar-refractivity contribution in [2.24, 2.45) is 0 Å². The molecule has 0 spiro atoms. The molecule has 0 unspecified atom stereocenters. The number of hydrogen-bond donors (Lipinski definition) is 0. The van der Waals surface area contributed by atoms with E-state index in [4.69, 9.17) is 0 Å². The third kappa shape index (κ3) is 3.11. The van der Waals surface area contributed by atoms with Gasteiger partial charge in [-0.3, -0.25) is 0 Å². The lowest BCUT2D eigenvalue weighted by molar-refractivity contribution is 0.996.